The molecule has 4 rings (SSSR count). The molecule has 1 saturated carbocycles. The minimum absolute atomic E-state index is 0.00959. The Kier molecular flexibility index (Phi) is 3.44. The molecule has 6 heteroatoms. The van der Waals surface area contributed by atoms with Gasteiger partial charge in [-0.2, -0.15) is 0 Å². The summed E-state index contributed by atoms with van der Waals surface area (Å²) in [5, 5.41) is 8.43. The lowest BCUT2D eigenvalue weighted by Crippen LogP contribution is -2.03. The third kappa shape index (κ3) is 2.33. The number of aryl methyl sites for hydroxylation is 1. The molecule has 116 valence electrons. The van der Waals surface area contributed by atoms with Crippen molar-refractivity contribution < 1.29 is 8.78 Å². The zero-order valence-corrected chi connectivity index (χ0v) is 13.2. The van der Waals surface area contributed by atoms with E-state index in [2.05, 4.69) is 14.8 Å². The normalized spacial score (nSPS) is 20.4. The number of thioether (sulfide) groups is 1. The zero-order valence-electron chi connectivity index (χ0n) is 12.4. The van der Waals surface area contributed by atoms with E-state index in [0.29, 0.717) is 29.3 Å². The summed E-state index contributed by atoms with van der Waals surface area (Å²) in [5.74, 6) is 2.03. The smallest absolute Gasteiger partial charge is 0.143 e. The summed E-state index contributed by atoms with van der Waals surface area (Å²) >= 11 is 1.65. The fraction of sp³-hybridized carbons (Fsp3) is 0.500. The minimum Gasteiger partial charge on any atom is -0.311 e. The summed E-state index contributed by atoms with van der Waals surface area (Å²) in [7, 11) is 0. The average molecular weight is 321 g/mol. The first kappa shape index (κ1) is 14.2. The molecule has 2 aliphatic rings. The van der Waals surface area contributed by atoms with Crippen molar-refractivity contribution in [3.05, 3.63) is 46.5 Å². The topological polar surface area (TPSA) is 30.7 Å². The van der Waals surface area contributed by atoms with Gasteiger partial charge in [0.25, 0.3) is 0 Å². The fourth-order valence-electron chi connectivity index (χ4n) is 3.29. The molecule has 0 N–H and O–H groups in total. The van der Waals surface area contributed by atoms with Crippen LogP contribution in [0.2, 0.25) is 0 Å². The summed E-state index contributed by atoms with van der Waals surface area (Å²) in [4.78, 5) is 0. The third-order valence-electron chi connectivity index (χ3n) is 4.49. The van der Waals surface area contributed by atoms with E-state index in [1.54, 1.807) is 11.8 Å². The molecule has 1 heterocycles. The summed E-state index contributed by atoms with van der Waals surface area (Å²) in [6, 6.07) is 3.01. The van der Waals surface area contributed by atoms with Gasteiger partial charge in [0.2, 0.25) is 0 Å². The van der Waals surface area contributed by atoms with Crippen molar-refractivity contribution in [3.8, 4) is 0 Å². The highest BCUT2D eigenvalue weighted by Gasteiger charge is 2.31. The van der Waals surface area contributed by atoms with E-state index < -0.39 is 0 Å². The highest BCUT2D eigenvalue weighted by Crippen LogP contribution is 2.45. The number of halogens is 2. The van der Waals surface area contributed by atoms with Crippen molar-refractivity contribution in [2.75, 3.05) is 0 Å². The second kappa shape index (κ2) is 5.33. The van der Waals surface area contributed by atoms with Gasteiger partial charge in [-0.25, -0.2) is 8.78 Å². The van der Waals surface area contributed by atoms with Gasteiger partial charge >= 0.3 is 0 Å². The molecule has 0 amide bonds. The molecule has 2 aromatic rings. The fourth-order valence-corrected chi connectivity index (χ4v) is 4.55. The van der Waals surface area contributed by atoms with Crippen molar-refractivity contribution in [2.45, 2.75) is 49.7 Å². The Labute approximate surface area is 132 Å². The number of aromatic nitrogens is 3. The Hall–Kier alpha value is -1.43. The van der Waals surface area contributed by atoms with Crippen LogP contribution in [0.1, 0.15) is 53.3 Å². The standard InChI is InChI=1S/C16H17F2N3S/c1-9-19-20-15(21(9)10-2-3-10)8-22-14-7-4-11-12(17)5-6-13(18)16(11)14/h5-6,10,14H,2-4,7-8H2,1H3. The molecule has 1 aromatic heterocycles. The van der Waals surface area contributed by atoms with Gasteiger partial charge in [-0.3, -0.25) is 0 Å². The molecule has 3 nitrogen and oxygen atoms in total. The number of nitrogens with zero attached hydrogens (tertiary/aromatic N) is 3. The molecular weight excluding hydrogens is 304 g/mol. The zero-order chi connectivity index (χ0) is 15.3. The van der Waals surface area contributed by atoms with Crippen LogP contribution in [0.5, 0.6) is 0 Å². The maximum Gasteiger partial charge on any atom is 0.143 e. The molecule has 1 atom stereocenters. The summed E-state index contributed by atoms with van der Waals surface area (Å²) < 4.78 is 30.0. The number of hydrogen-bond acceptors (Lipinski definition) is 3. The van der Waals surface area contributed by atoms with Crippen LogP contribution in [0.3, 0.4) is 0 Å². The van der Waals surface area contributed by atoms with Gasteiger partial charge < -0.3 is 4.57 Å². The van der Waals surface area contributed by atoms with Crippen molar-refractivity contribution in [1.82, 2.24) is 14.8 Å². The monoisotopic (exact) mass is 321 g/mol. The van der Waals surface area contributed by atoms with Crippen LogP contribution in [-0.2, 0) is 12.2 Å². The van der Waals surface area contributed by atoms with E-state index in [0.717, 1.165) is 18.1 Å². The maximum atomic E-state index is 14.1. The van der Waals surface area contributed by atoms with Crippen LogP contribution in [0.15, 0.2) is 12.1 Å². The lowest BCUT2D eigenvalue weighted by molar-refractivity contribution is 0.584. The van der Waals surface area contributed by atoms with Crippen LogP contribution in [-0.4, -0.2) is 14.8 Å². The minimum atomic E-state index is -0.286. The highest BCUT2D eigenvalue weighted by atomic mass is 32.2. The Balaban J connectivity index is 1.54. The van der Waals surface area contributed by atoms with Gasteiger partial charge in [0.05, 0.1) is 5.75 Å². The van der Waals surface area contributed by atoms with E-state index in [1.165, 1.54) is 25.0 Å². The van der Waals surface area contributed by atoms with Gasteiger partial charge in [-0.15, -0.1) is 22.0 Å². The molecule has 0 bridgehead atoms. The molecular formula is C16H17F2N3S. The summed E-state index contributed by atoms with van der Waals surface area (Å²) in [6.45, 7) is 1.97. The van der Waals surface area contributed by atoms with Crippen molar-refractivity contribution >= 4 is 11.8 Å². The third-order valence-corrected chi connectivity index (χ3v) is 5.79. The van der Waals surface area contributed by atoms with Crippen LogP contribution in [0.4, 0.5) is 8.78 Å². The average Bonchev–Trinajstić information content (AvgIpc) is 3.12. The van der Waals surface area contributed by atoms with Gasteiger partial charge in [-0.05, 0) is 50.3 Å². The summed E-state index contributed by atoms with van der Waals surface area (Å²) in [5.41, 5.74) is 1.11. The van der Waals surface area contributed by atoms with Crippen molar-refractivity contribution in [1.29, 1.82) is 0 Å². The molecule has 1 unspecified atom stereocenters. The van der Waals surface area contributed by atoms with E-state index in [1.807, 2.05) is 6.92 Å². The lowest BCUT2D eigenvalue weighted by atomic mass is 10.1. The molecule has 0 aliphatic heterocycles. The predicted octanol–water partition coefficient (Wildman–Crippen LogP) is 4.12. The molecule has 22 heavy (non-hydrogen) atoms. The van der Waals surface area contributed by atoms with Gasteiger partial charge in [0.15, 0.2) is 0 Å². The lowest BCUT2D eigenvalue weighted by Gasteiger charge is -2.13. The molecule has 1 aromatic carbocycles. The van der Waals surface area contributed by atoms with Crippen molar-refractivity contribution in [2.24, 2.45) is 0 Å². The van der Waals surface area contributed by atoms with Crippen LogP contribution in [0.25, 0.3) is 0 Å². The molecule has 2 aliphatic carbocycles. The van der Waals surface area contributed by atoms with Crippen LogP contribution < -0.4 is 0 Å². The Morgan fingerprint density at radius 2 is 1.95 bits per heavy atom. The summed E-state index contributed by atoms with van der Waals surface area (Å²) in [6.07, 6.45) is 3.77. The molecule has 1 fully saturated rings. The van der Waals surface area contributed by atoms with Gasteiger partial charge in [0, 0.05) is 16.9 Å². The predicted molar refractivity (Wildman–Crippen MR) is 81.7 cm³/mol. The molecule has 0 radical (unpaired) electrons. The van der Waals surface area contributed by atoms with E-state index >= 15 is 0 Å². The molecule has 0 saturated heterocycles. The maximum absolute atomic E-state index is 14.1. The Bertz CT molecular complexity index is 724. The van der Waals surface area contributed by atoms with E-state index in [4.69, 9.17) is 0 Å². The second-order valence-corrected chi connectivity index (χ2v) is 7.22. The quantitative estimate of drug-likeness (QED) is 0.848. The highest BCUT2D eigenvalue weighted by molar-refractivity contribution is 7.98. The first-order chi connectivity index (χ1) is 10.6. The Morgan fingerprint density at radius 1 is 1.18 bits per heavy atom. The van der Waals surface area contributed by atoms with Gasteiger partial charge in [0.1, 0.15) is 23.3 Å². The molecule has 0 spiro atoms. The first-order valence-corrected chi connectivity index (χ1v) is 8.68. The van der Waals surface area contributed by atoms with E-state index in [-0.39, 0.29) is 16.9 Å². The van der Waals surface area contributed by atoms with Gasteiger partial charge in [-0.1, -0.05) is 0 Å². The first-order valence-electron chi connectivity index (χ1n) is 7.64. The van der Waals surface area contributed by atoms with E-state index in [9.17, 15) is 8.78 Å². The Morgan fingerprint density at radius 3 is 2.73 bits per heavy atom. The van der Waals surface area contributed by atoms with Crippen LogP contribution >= 0.6 is 11.8 Å². The number of fused-ring (bicyclic) bond motifs is 1. The SMILES string of the molecule is Cc1nnc(CSC2CCc3c(F)ccc(F)c32)n1C1CC1. The number of benzene rings is 1. The van der Waals surface area contributed by atoms with Crippen molar-refractivity contribution in [3.63, 3.8) is 0 Å². The second-order valence-electron chi connectivity index (χ2n) is 6.02. The number of hydrogen-bond donors (Lipinski definition) is 0. The largest absolute Gasteiger partial charge is 0.311 e. The van der Waals surface area contributed by atoms with Crippen LogP contribution in [0, 0.1) is 18.6 Å². The number of rotatable bonds is 4.